The molecule has 2 N–H and O–H groups in total. The van der Waals surface area contributed by atoms with E-state index in [1.54, 1.807) is 6.07 Å². The highest BCUT2D eigenvalue weighted by atomic mass is 32.2. The monoisotopic (exact) mass is 431 g/mol. The second-order valence-electron chi connectivity index (χ2n) is 7.26. The number of amides is 1. The Morgan fingerprint density at radius 1 is 1.10 bits per heavy atom. The van der Waals surface area contributed by atoms with Gasteiger partial charge in [-0.2, -0.15) is 5.10 Å². The number of imidazole rings is 1. The number of carbonyl (C=O) groups excluding carboxylic acids is 1. The third kappa shape index (κ3) is 4.49. The number of aromatic nitrogens is 2. The summed E-state index contributed by atoms with van der Waals surface area (Å²) in [7, 11) is 0. The lowest BCUT2D eigenvalue weighted by atomic mass is 10.2. The minimum atomic E-state index is -0.257. The zero-order valence-electron chi connectivity index (χ0n) is 16.7. The first kappa shape index (κ1) is 19.4. The van der Waals surface area contributed by atoms with Crippen LogP contribution in [0, 0.1) is 0 Å². The lowest BCUT2D eigenvalue weighted by Crippen LogP contribution is -2.19. The maximum Gasteiger partial charge on any atom is 0.271 e. The van der Waals surface area contributed by atoms with Crippen molar-refractivity contribution < 1.29 is 9.21 Å². The fourth-order valence-corrected chi connectivity index (χ4v) is 4.32. The maximum absolute atomic E-state index is 12.3. The summed E-state index contributed by atoms with van der Waals surface area (Å²) in [4.78, 5) is 22.4. The van der Waals surface area contributed by atoms with E-state index in [1.807, 2.05) is 54.6 Å². The van der Waals surface area contributed by atoms with Gasteiger partial charge in [0.25, 0.3) is 5.91 Å². The summed E-state index contributed by atoms with van der Waals surface area (Å²) in [6, 6.07) is 19.1. The Morgan fingerprint density at radius 3 is 2.71 bits per heavy atom. The molecule has 1 amide bonds. The number of carbonyl (C=O) groups is 1. The molecule has 5 rings (SSSR count). The van der Waals surface area contributed by atoms with E-state index in [-0.39, 0.29) is 5.91 Å². The number of nitrogens with one attached hydrogen (secondary N) is 2. The number of rotatable bonds is 6. The molecule has 0 bridgehead atoms. The van der Waals surface area contributed by atoms with Gasteiger partial charge < -0.3 is 14.3 Å². The van der Waals surface area contributed by atoms with Gasteiger partial charge in [-0.25, -0.2) is 10.4 Å². The minimum absolute atomic E-state index is 0.257. The van der Waals surface area contributed by atoms with Gasteiger partial charge in [-0.1, -0.05) is 12.1 Å². The van der Waals surface area contributed by atoms with Crippen LogP contribution in [0.2, 0.25) is 0 Å². The Kier molecular flexibility index (Phi) is 5.45. The van der Waals surface area contributed by atoms with Gasteiger partial charge in [0.1, 0.15) is 5.76 Å². The highest BCUT2D eigenvalue weighted by Gasteiger charge is 2.13. The van der Waals surface area contributed by atoms with Crippen LogP contribution in [0.5, 0.6) is 0 Å². The highest BCUT2D eigenvalue weighted by molar-refractivity contribution is 7.99. The number of furan rings is 1. The Bertz CT molecular complexity index is 1190. The van der Waals surface area contributed by atoms with E-state index in [4.69, 9.17) is 4.42 Å². The largest absolute Gasteiger partial charge is 0.448 e. The Labute approximate surface area is 183 Å². The Hall–Kier alpha value is -3.52. The van der Waals surface area contributed by atoms with Crippen molar-refractivity contribution in [3.05, 3.63) is 72.0 Å². The SMILES string of the molecule is O=C(N/N=C\c1ccc(Sc2nc3ccccc3[nH]2)o1)c1ccc(N2CCCC2)cc1. The average Bonchev–Trinajstić information content (AvgIpc) is 3.55. The van der Waals surface area contributed by atoms with E-state index in [2.05, 4.69) is 25.4 Å². The van der Waals surface area contributed by atoms with Crippen LogP contribution in [0.1, 0.15) is 29.0 Å². The summed E-state index contributed by atoms with van der Waals surface area (Å²) >= 11 is 1.40. The van der Waals surface area contributed by atoms with Crippen molar-refractivity contribution in [1.82, 2.24) is 15.4 Å². The number of para-hydroxylation sites is 2. The Balaban J connectivity index is 1.17. The summed E-state index contributed by atoms with van der Waals surface area (Å²) in [5.41, 5.74) is 6.16. The number of hydrogen-bond donors (Lipinski definition) is 2. The van der Waals surface area contributed by atoms with E-state index < -0.39 is 0 Å². The minimum Gasteiger partial charge on any atom is -0.448 e. The molecule has 4 aromatic rings. The first-order valence-electron chi connectivity index (χ1n) is 10.2. The third-order valence-electron chi connectivity index (χ3n) is 5.13. The molecule has 1 aliphatic heterocycles. The molecule has 31 heavy (non-hydrogen) atoms. The summed E-state index contributed by atoms with van der Waals surface area (Å²) in [6.45, 7) is 2.16. The first-order chi connectivity index (χ1) is 15.2. The summed E-state index contributed by atoms with van der Waals surface area (Å²) in [6.07, 6.45) is 3.93. The quantitative estimate of drug-likeness (QED) is 0.342. The molecule has 0 saturated carbocycles. The molecule has 0 aliphatic carbocycles. The molecule has 156 valence electrons. The van der Waals surface area contributed by atoms with Gasteiger partial charge in [-0.15, -0.1) is 0 Å². The van der Waals surface area contributed by atoms with Gasteiger partial charge >= 0.3 is 0 Å². The molecule has 1 saturated heterocycles. The number of nitrogens with zero attached hydrogens (tertiary/aromatic N) is 3. The molecule has 0 radical (unpaired) electrons. The fraction of sp³-hybridized carbons (Fsp3) is 0.174. The van der Waals surface area contributed by atoms with E-state index >= 15 is 0 Å². The lowest BCUT2D eigenvalue weighted by Gasteiger charge is -2.17. The van der Waals surface area contributed by atoms with E-state index in [0.29, 0.717) is 16.4 Å². The van der Waals surface area contributed by atoms with Gasteiger partial charge in [0, 0.05) is 24.3 Å². The van der Waals surface area contributed by atoms with Gasteiger partial charge in [0.15, 0.2) is 10.2 Å². The van der Waals surface area contributed by atoms with Crippen molar-refractivity contribution in [3.8, 4) is 0 Å². The van der Waals surface area contributed by atoms with Gasteiger partial charge in [0.05, 0.1) is 17.2 Å². The molecular weight excluding hydrogens is 410 g/mol. The van der Waals surface area contributed by atoms with E-state index in [1.165, 1.54) is 30.8 Å². The van der Waals surface area contributed by atoms with E-state index in [0.717, 1.165) is 35.0 Å². The smallest absolute Gasteiger partial charge is 0.271 e. The number of aromatic amines is 1. The second-order valence-corrected chi connectivity index (χ2v) is 8.25. The molecule has 1 aliphatic rings. The van der Waals surface area contributed by atoms with Crippen molar-refractivity contribution in [1.29, 1.82) is 0 Å². The zero-order valence-corrected chi connectivity index (χ0v) is 17.6. The molecule has 0 spiro atoms. The van der Waals surface area contributed by atoms with Crippen molar-refractivity contribution in [2.75, 3.05) is 18.0 Å². The van der Waals surface area contributed by atoms with Crippen LogP contribution >= 0.6 is 11.8 Å². The van der Waals surface area contributed by atoms with Gasteiger partial charge in [-0.05, 0) is 73.1 Å². The van der Waals surface area contributed by atoms with Crippen molar-refractivity contribution in [3.63, 3.8) is 0 Å². The summed E-state index contributed by atoms with van der Waals surface area (Å²) < 4.78 is 5.74. The van der Waals surface area contributed by atoms with Crippen LogP contribution in [0.4, 0.5) is 5.69 Å². The van der Waals surface area contributed by atoms with Crippen LogP contribution in [0.25, 0.3) is 11.0 Å². The van der Waals surface area contributed by atoms with Crippen LogP contribution < -0.4 is 10.3 Å². The lowest BCUT2D eigenvalue weighted by molar-refractivity contribution is 0.0955. The zero-order chi connectivity index (χ0) is 21.0. The van der Waals surface area contributed by atoms with Gasteiger partial charge in [0.2, 0.25) is 0 Å². The molecule has 0 atom stereocenters. The van der Waals surface area contributed by atoms with Crippen molar-refractivity contribution in [2.45, 2.75) is 23.1 Å². The van der Waals surface area contributed by atoms with Gasteiger partial charge in [-0.3, -0.25) is 4.79 Å². The standard InChI is InChI=1S/C23H21N5O2S/c29-22(16-7-9-17(10-8-16)28-13-3-4-14-28)27-24-15-18-11-12-21(30-18)31-23-25-19-5-1-2-6-20(19)26-23/h1-2,5-12,15H,3-4,13-14H2,(H,25,26)(H,27,29)/b24-15-. The molecule has 0 unspecified atom stereocenters. The van der Waals surface area contributed by atoms with Crippen LogP contribution in [0.15, 0.2) is 80.4 Å². The van der Waals surface area contributed by atoms with Crippen LogP contribution in [-0.4, -0.2) is 35.2 Å². The average molecular weight is 432 g/mol. The Morgan fingerprint density at radius 2 is 1.90 bits per heavy atom. The summed E-state index contributed by atoms with van der Waals surface area (Å²) in [5.74, 6) is 0.288. The van der Waals surface area contributed by atoms with Crippen molar-refractivity contribution in [2.24, 2.45) is 5.10 Å². The predicted molar refractivity (Wildman–Crippen MR) is 122 cm³/mol. The topological polar surface area (TPSA) is 86.5 Å². The second kappa shape index (κ2) is 8.69. The number of hydrogen-bond acceptors (Lipinski definition) is 6. The van der Waals surface area contributed by atoms with Crippen LogP contribution in [-0.2, 0) is 0 Å². The normalized spacial score (nSPS) is 14.0. The number of fused-ring (bicyclic) bond motifs is 1. The highest BCUT2D eigenvalue weighted by Crippen LogP contribution is 2.28. The predicted octanol–water partition coefficient (Wildman–Crippen LogP) is 4.67. The number of anilines is 1. The fourth-order valence-electron chi connectivity index (χ4n) is 3.55. The number of H-pyrrole nitrogens is 1. The molecule has 1 fully saturated rings. The molecule has 8 heteroatoms. The van der Waals surface area contributed by atoms with Crippen molar-refractivity contribution >= 4 is 40.6 Å². The third-order valence-corrected chi connectivity index (χ3v) is 5.93. The number of hydrazone groups is 1. The molecular formula is C23H21N5O2S. The molecule has 2 aromatic carbocycles. The molecule has 2 aromatic heterocycles. The van der Waals surface area contributed by atoms with Crippen LogP contribution in [0.3, 0.4) is 0 Å². The van der Waals surface area contributed by atoms with E-state index in [9.17, 15) is 4.79 Å². The molecule has 7 nitrogen and oxygen atoms in total. The summed E-state index contributed by atoms with van der Waals surface area (Å²) in [5, 5.41) is 5.45. The maximum atomic E-state index is 12.3. The molecule has 3 heterocycles. The number of benzene rings is 2. The first-order valence-corrected chi connectivity index (χ1v) is 11.0.